The van der Waals surface area contributed by atoms with E-state index in [0.29, 0.717) is 24.4 Å². The number of ether oxygens (including phenoxy) is 1. The lowest BCUT2D eigenvalue weighted by Crippen LogP contribution is -2.32. The predicted molar refractivity (Wildman–Crippen MR) is 109 cm³/mol. The zero-order valence-corrected chi connectivity index (χ0v) is 17.5. The van der Waals surface area contributed by atoms with Gasteiger partial charge in [0, 0.05) is 25.0 Å². The highest BCUT2D eigenvalue weighted by atomic mass is 32.2. The molecule has 0 unspecified atom stereocenters. The SMILES string of the molecule is COC(=O)c1ccc(CSc2ccc(S(=O)(=O)N3CCCCCC3)cn2)cc1. The number of carbonyl (C=O) groups excluding carboxylic acids is 1. The summed E-state index contributed by atoms with van der Waals surface area (Å²) in [5, 5.41) is 0.756. The molecule has 0 spiro atoms. The van der Waals surface area contributed by atoms with Crippen LogP contribution >= 0.6 is 11.8 Å². The van der Waals surface area contributed by atoms with Crippen molar-refractivity contribution < 1.29 is 17.9 Å². The summed E-state index contributed by atoms with van der Waals surface area (Å²) in [6, 6.07) is 10.6. The van der Waals surface area contributed by atoms with Crippen LogP contribution in [-0.2, 0) is 20.5 Å². The summed E-state index contributed by atoms with van der Waals surface area (Å²) in [5.41, 5.74) is 1.55. The summed E-state index contributed by atoms with van der Waals surface area (Å²) >= 11 is 1.52. The molecule has 0 bridgehead atoms. The number of carbonyl (C=O) groups is 1. The second kappa shape index (κ2) is 9.54. The minimum Gasteiger partial charge on any atom is -0.465 e. The maximum atomic E-state index is 12.8. The fraction of sp³-hybridized carbons (Fsp3) is 0.400. The van der Waals surface area contributed by atoms with Crippen molar-refractivity contribution in [3.8, 4) is 0 Å². The van der Waals surface area contributed by atoms with Gasteiger partial charge in [0.05, 0.1) is 17.7 Å². The number of rotatable bonds is 6. The highest BCUT2D eigenvalue weighted by Crippen LogP contribution is 2.24. The molecule has 0 aliphatic carbocycles. The third kappa shape index (κ3) is 5.12. The van der Waals surface area contributed by atoms with Crippen LogP contribution in [0, 0.1) is 0 Å². The van der Waals surface area contributed by atoms with Crippen molar-refractivity contribution >= 4 is 27.8 Å². The molecule has 28 heavy (non-hydrogen) atoms. The van der Waals surface area contributed by atoms with Crippen LogP contribution in [0.3, 0.4) is 0 Å². The Bertz CT molecular complexity index is 889. The maximum absolute atomic E-state index is 12.8. The van der Waals surface area contributed by atoms with Crippen molar-refractivity contribution in [2.45, 2.75) is 41.4 Å². The normalized spacial score (nSPS) is 15.8. The molecule has 1 fully saturated rings. The molecule has 2 aromatic rings. The van der Waals surface area contributed by atoms with Gasteiger partial charge in [0.1, 0.15) is 4.90 Å². The third-order valence-electron chi connectivity index (χ3n) is 4.67. The third-order valence-corrected chi connectivity index (χ3v) is 7.57. The second-order valence-electron chi connectivity index (χ2n) is 6.63. The largest absolute Gasteiger partial charge is 0.465 e. The van der Waals surface area contributed by atoms with Gasteiger partial charge in [-0.05, 0) is 42.7 Å². The van der Waals surface area contributed by atoms with Gasteiger partial charge in [-0.15, -0.1) is 11.8 Å². The van der Waals surface area contributed by atoms with Gasteiger partial charge in [0.2, 0.25) is 10.0 Å². The number of methoxy groups -OCH3 is 1. The number of thioether (sulfide) groups is 1. The number of sulfonamides is 1. The maximum Gasteiger partial charge on any atom is 0.337 e. The van der Waals surface area contributed by atoms with E-state index in [2.05, 4.69) is 9.72 Å². The number of aromatic nitrogens is 1. The Kier molecular flexibility index (Phi) is 7.09. The van der Waals surface area contributed by atoms with Gasteiger partial charge in [-0.1, -0.05) is 25.0 Å². The van der Waals surface area contributed by atoms with Gasteiger partial charge in [0.25, 0.3) is 0 Å². The van der Waals surface area contributed by atoms with Crippen LogP contribution < -0.4 is 0 Å². The van der Waals surface area contributed by atoms with Crippen LogP contribution in [0.5, 0.6) is 0 Å². The molecule has 1 aliphatic heterocycles. The summed E-state index contributed by atoms with van der Waals surface area (Å²) in [6.45, 7) is 1.17. The molecular weight excluding hydrogens is 396 g/mol. The molecule has 1 aromatic carbocycles. The number of hydrogen-bond acceptors (Lipinski definition) is 6. The van der Waals surface area contributed by atoms with E-state index in [0.717, 1.165) is 36.3 Å². The fourth-order valence-corrected chi connectivity index (χ4v) is 5.31. The van der Waals surface area contributed by atoms with E-state index in [4.69, 9.17) is 0 Å². The Labute approximate surface area is 170 Å². The highest BCUT2D eigenvalue weighted by molar-refractivity contribution is 7.98. The van der Waals surface area contributed by atoms with Gasteiger partial charge in [0.15, 0.2) is 0 Å². The van der Waals surface area contributed by atoms with E-state index in [1.165, 1.54) is 25.1 Å². The Hall–Kier alpha value is -1.90. The van der Waals surface area contributed by atoms with E-state index in [1.54, 1.807) is 28.6 Å². The van der Waals surface area contributed by atoms with Crippen molar-refractivity contribution in [3.63, 3.8) is 0 Å². The minimum atomic E-state index is -3.47. The van der Waals surface area contributed by atoms with Crippen LogP contribution in [0.1, 0.15) is 41.6 Å². The monoisotopic (exact) mass is 420 g/mol. The topological polar surface area (TPSA) is 76.6 Å². The molecule has 1 aliphatic rings. The number of esters is 1. The number of nitrogens with zero attached hydrogens (tertiary/aromatic N) is 2. The van der Waals surface area contributed by atoms with E-state index < -0.39 is 10.0 Å². The van der Waals surface area contributed by atoms with Gasteiger partial charge >= 0.3 is 5.97 Å². The Morgan fingerprint density at radius 2 is 1.75 bits per heavy atom. The molecule has 8 heteroatoms. The molecule has 1 saturated heterocycles. The lowest BCUT2D eigenvalue weighted by Gasteiger charge is -2.19. The zero-order valence-electron chi connectivity index (χ0n) is 15.8. The molecule has 150 valence electrons. The molecular formula is C20H24N2O4S2. The van der Waals surface area contributed by atoms with Crippen LogP contribution in [-0.4, -0.2) is 43.9 Å². The van der Waals surface area contributed by atoms with E-state index in [-0.39, 0.29) is 10.9 Å². The first kappa shape index (κ1) is 20.8. The quantitative estimate of drug-likeness (QED) is 0.524. The number of hydrogen-bond donors (Lipinski definition) is 0. The van der Waals surface area contributed by atoms with Crippen molar-refractivity contribution in [1.82, 2.24) is 9.29 Å². The number of pyridine rings is 1. The van der Waals surface area contributed by atoms with Crippen molar-refractivity contribution in [2.75, 3.05) is 20.2 Å². The lowest BCUT2D eigenvalue weighted by atomic mass is 10.1. The molecule has 0 N–H and O–H groups in total. The molecule has 0 amide bonds. The lowest BCUT2D eigenvalue weighted by molar-refractivity contribution is 0.0600. The number of benzene rings is 1. The fourth-order valence-electron chi connectivity index (χ4n) is 3.05. The van der Waals surface area contributed by atoms with E-state index in [1.807, 2.05) is 12.1 Å². The Morgan fingerprint density at radius 3 is 2.32 bits per heavy atom. The van der Waals surface area contributed by atoms with E-state index in [9.17, 15) is 13.2 Å². The van der Waals surface area contributed by atoms with Crippen LogP contribution in [0.25, 0.3) is 0 Å². The Balaban J connectivity index is 1.62. The first-order valence-electron chi connectivity index (χ1n) is 9.27. The molecule has 2 heterocycles. The van der Waals surface area contributed by atoms with Gasteiger partial charge < -0.3 is 4.74 Å². The summed E-state index contributed by atoms with van der Waals surface area (Å²) < 4.78 is 31.8. The highest BCUT2D eigenvalue weighted by Gasteiger charge is 2.25. The Morgan fingerprint density at radius 1 is 1.07 bits per heavy atom. The smallest absolute Gasteiger partial charge is 0.337 e. The summed E-state index contributed by atoms with van der Waals surface area (Å²) in [4.78, 5) is 16.0. The summed E-state index contributed by atoms with van der Waals surface area (Å²) in [6.07, 6.45) is 5.44. The van der Waals surface area contributed by atoms with Gasteiger partial charge in [-0.2, -0.15) is 4.31 Å². The van der Waals surface area contributed by atoms with Crippen LogP contribution in [0.4, 0.5) is 0 Å². The predicted octanol–water partition coefficient (Wildman–Crippen LogP) is 3.73. The van der Waals surface area contributed by atoms with Gasteiger partial charge in [-0.3, -0.25) is 0 Å². The van der Waals surface area contributed by atoms with E-state index >= 15 is 0 Å². The standard InChI is InChI=1S/C20H24N2O4S2/c1-26-20(23)17-8-6-16(7-9-17)15-27-19-11-10-18(14-21-19)28(24,25)22-12-4-2-3-5-13-22/h6-11,14H,2-5,12-13,15H2,1H3. The first-order chi connectivity index (χ1) is 13.5. The average molecular weight is 421 g/mol. The minimum absolute atomic E-state index is 0.251. The first-order valence-corrected chi connectivity index (χ1v) is 11.7. The molecule has 0 saturated carbocycles. The summed E-state index contributed by atoms with van der Waals surface area (Å²) in [5.74, 6) is 0.314. The second-order valence-corrected chi connectivity index (χ2v) is 9.56. The van der Waals surface area contributed by atoms with Crippen LogP contribution in [0.2, 0.25) is 0 Å². The van der Waals surface area contributed by atoms with Crippen LogP contribution in [0.15, 0.2) is 52.5 Å². The average Bonchev–Trinajstić information content (AvgIpc) is 3.02. The van der Waals surface area contributed by atoms with Crippen molar-refractivity contribution in [3.05, 3.63) is 53.7 Å². The molecule has 0 atom stereocenters. The molecule has 0 radical (unpaired) electrons. The van der Waals surface area contributed by atoms with Crippen molar-refractivity contribution in [1.29, 1.82) is 0 Å². The summed E-state index contributed by atoms with van der Waals surface area (Å²) in [7, 11) is -2.11. The molecule has 3 rings (SSSR count). The molecule has 1 aromatic heterocycles. The zero-order chi connectivity index (χ0) is 20.0. The van der Waals surface area contributed by atoms with Crippen molar-refractivity contribution in [2.24, 2.45) is 0 Å². The molecule has 6 nitrogen and oxygen atoms in total. The van der Waals surface area contributed by atoms with Gasteiger partial charge in [-0.25, -0.2) is 18.2 Å².